The van der Waals surface area contributed by atoms with Crippen LogP contribution in [0.25, 0.3) is 0 Å². The average molecular weight is 396 g/mol. The van der Waals surface area contributed by atoms with E-state index in [-0.39, 0.29) is 18.4 Å². The van der Waals surface area contributed by atoms with Crippen LogP contribution in [0.1, 0.15) is 6.92 Å². The summed E-state index contributed by atoms with van der Waals surface area (Å²) in [5, 5.41) is 2.81. The van der Waals surface area contributed by atoms with Crippen molar-refractivity contribution < 1.29 is 14.3 Å². The zero-order valence-corrected chi connectivity index (χ0v) is 17.2. The molecule has 0 bridgehead atoms. The summed E-state index contributed by atoms with van der Waals surface area (Å²) in [4.78, 5) is 30.7. The summed E-state index contributed by atoms with van der Waals surface area (Å²) in [5.41, 5.74) is 2.50. The van der Waals surface area contributed by atoms with Crippen LogP contribution in [-0.4, -0.2) is 63.6 Å². The largest absolute Gasteiger partial charge is 0.497 e. The monoisotopic (exact) mass is 396 g/mol. The lowest BCUT2D eigenvalue weighted by Gasteiger charge is -2.34. The number of ether oxygens (including phenoxy) is 1. The van der Waals surface area contributed by atoms with Gasteiger partial charge in [-0.15, -0.1) is 0 Å². The Labute approximate surface area is 171 Å². The fourth-order valence-electron chi connectivity index (χ4n) is 3.31. The first-order valence-corrected chi connectivity index (χ1v) is 9.72. The molecule has 0 unspecified atom stereocenters. The van der Waals surface area contributed by atoms with Gasteiger partial charge in [0.25, 0.3) is 0 Å². The lowest BCUT2D eigenvalue weighted by Crippen LogP contribution is -2.44. The summed E-state index contributed by atoms with van der Waals surface area (Å²) < 4.78 is 5.12. The number of hydrogen-bond acceptors (Lipinski definition) is 5. The Morgan fingerprint density at radius 3 is 2.17 bits per heavy atom. The third-order valence-electron chi connectivity index (χ3n) is 5.09. The molecule has 1 aliphatic rings. The molecule has 0 atom stereocenters. The summed E-state index contributed by atoms with van der Waals surface area (Å²) in [5.74, 6) is 0.282. The minimum Gasteiger partial charge on any atom is -0.497 e. The molecule has 2 aromatic carbocycles. The quantitative estimate of drug-likeness (QED) is 0.813. The molecule has 1 saturated heterocycles. The number of benzene rings is 2. The molecule has 0 saturated carbocycles. The first kappa shape index (κ1) is 20.7. The van der Waals surface area contributed by atoms with Crippen molar-refractivity contribution in [2.45, 2.75) is 6.92 Å². The fraction of sp³-hybridized carbons (Fsp3) is 0.364. The van der Waals surface area contributed by atoms with Gasteiger partial charge in [-0.2, -0.15) is 0 Å². The van der Waals surface area contributed by atoms with E-state index < -0.39 is 0 Å². The predicted molar refractivity (Wildman–Crippen MR) is 116 cm³/mol. The molecule has 7 nitrogen and oxygen atoms in total. The SMILES string of the molecule is COc1ccc(NC(=O)CN(C(C)=O)c2ccc(N3CCN(C)CC3)cc2)cc1. The summed E-state index contributed by atoms with van der Waals surface area (Å²) in [6.45, 7) is 5.46. The van der Waals surface area contributed by atoms with Gasteiger partial charge < -0.3 is 24.8 Å². The Morgan fingerprint density at radius 2 is 1.62 bits per heavy atom. The minimum atomic E-state index is -0.256. The van der Waals surface area contributed by atoms with Gasteiger partial charge in [0.05, 0.1) is 7.11 Å². The number of likely N-dealkylation sites (N-methyl/N-ethyl adjacent to an activating group) is 1. The van der Waals surface area contributed by atoms with Gasteiger partial charge in [0.15, 0.2) is 0 Å². The predicted octanol–water partition coefficient (Wildman–Crippen LogP) is 2.44. The minimum absolute atomic E-state index is 0.0464. The maximum atomic E-state index is 12.5. The molecule has 2 amide bonds. The second-order valence-electron chi connectivity index (χ2n) is 7.19. The van der Waals surface area contributed by atoms with Crippen molar-refractivity contribution in [1.29, 1.82) is 0 Å². The number of nitrogens with one attached hydrogen (secondary N) is 1. The van der Waals surface area contributed by atoms with Crippen LogP contribution in [0.15, 0.2) is 48.5 Å². The highest BCUT2D eigenvalue weighted by atomic mass is 16.5. The van der Waals surface area contributed by atoms with Gasteiger partial charge in [0, 0.05) is 50.2 Å². The van der Waals surface area contributed by atoms with Crippen LogP contribution < -0.4 is 19.9 Å². The van der Waals surface area contributed by atoms with E-state index in [4.69, 9.17) is 4.74 Å². The number of carbonyl (C=O) groups excluding carboxylic acids is 2. The number of carbonyl (C=O) groups is 2. The highest BCUT2D eigenvalue weighted by Gasteiger charge is 2.18. The van der Waals surface area contributed by atoms with Crippen molar-refractivity contribution >= 4 is 28.9 Å². The number of piperazine rings is 1. The molecule has 0 aromatic heterocycles. The average Bonchev–Trinajstić information content (AvgIpc) is 2.73. The highest BCUT2D eigenvalue weighted by molar-refractivity contribution is 6.01. The highest BCUT2D eigenvalue weighted by Crippen LogP contribution is 2.22. The lowest BCUT2D eigenvalue weighted by atomic mass is 10.2. The van der Waals surface area contributed by atoms with E-state index in [9.17, 15) is 9.59 Å². The van der Waals surface area contributed by atoms with Gasteiger partial charge >= 0.3 is 0 Å². The van der Waals surface area contributed by atoms with Gasteiger partial charge in [0.1, 0.15) is 12.3 Å². The summed E-state index contributed by atoms with van der Waals surface area (Å²) in [7, 11) is 3.72. The molecule has 1 heterocycles. The van der Waals surface area contributed by atoms with Crippen molar-refractivity contribution in [3.8, 4) is 5.75 Å². The first-order chi connectivity index (χ1) is 14.0. The summed E-state index contributed by atoms with van der Waals surface area (Å²) in [6.07, 6.45) is 0. The normalized spacial score (nSPS) is 14.4. The summed E-state index contributed by atoms with van der Waals surface area (Å²) >= 11 is 0. The molecule has 7 heteroatoms. The van der Waals surface area contributed by atoms with Crippen LogP contribution in [0, 0.1) is 0 Å². The van der Waals surface area contributed by atoms with Crippen LogP contribution in [0.4, 0.5) is 17.1 Å². The van der Waals surface area contributed by atoms with E-state index in [1.165, 1.54) is 11.8 Å². The molecule has 29 heavy (non-hydrogen) atoms. The van der Waals surface area contributed by atoms with E-state index in [0.29, 0.717) is 17.1 Å². The van der Waals surface area contributed by atoms with Crippen molar-refractivity contribution in [3.05, 3.63) is 48.5 Å². The second kappa shape index (κ2) is 9.43. The zero-order chi connectivity index (χ0) is 20.8. The molecule has 0 aliphatic carbocycles. The fourth-order valence-corrected chi connectivity index (χ4v) is 3.31. The molecule has 1 aliphatic heterocycles. The molecule has 3 rings (SSSR count). The van der Waals surface area contributed by atoms with Gasteiger partial charge in [-0.25, -0.2) is 0 Å². The molecule has 0 radical (unpaired) electrons. The zero-order valence-electron chi connectivity index (χ0n) is 17.2. The topological polar surface area (TPSA) is 65.1 Å². The van der Waals surface area contributed by atoms with Gasteiger partial charge in [-0.1, -0.05) is 0 Å². The van der Waals surface area contributed by atoms with Crippen molar-refractivity contribution in [2.24, 2.45) is 0 Å². The number of anilines is 3. The smallest absolute Gasteiger partial charge is 0.244 e. The Bertz CT molecular complexity index is 828. The van der Waals surface area contributed by atoms with Crippen molar-refractivity contribution in [2.75, 3.05) is 62.0 Å². The summed E-state index contributed by atoms with van der Waals surface area (Å²) in [6, 6.07) is 14.9. The molecule has 1 fully saturated rings. The van der Waals surface area contributed by atoms with E-state index >= 15 is 0 Å². The Hall–Kier alpha value is -3.06. The van der Waals surface area contributed by atoms with Crippen LogP contribution in [0.5, 0.6) is 5.75 Å². The third-order valence-corrected chi connectivity index (χ3v) is 5.09. The molecule has 1 N–H and O–H groups in total. The van der Waals surface area contributed by atoms with E-state index in [0.717, 1.165) is 31.9 Å². The number of amides is 2. The van der Waals surface area contributed by atoms with Crippen molar-refractivity contribution in [3.63, 3.8) is 0 Å². The van der Waals surface area contributed by atoms with Gasteiger partial charge in [-0.3, -0.25) is 9.59 Å². The first-order valence-electron chi connectivity index (χ1n) is 9.72. The number of hydrogen-bond donors (Lipinski definition) is 1. The van der Waals surface area contributed by atoms with Crippen molar-refractivity contribution in [1.82, 2.24) is 4.90 Å². The van der Waals surface area contributed by atoms with Crippen LogP contribution in [0.3, 0.4) is 0 Å². The molecular weight excluding hydrogens is 368 g/mol. The van der Waals surface area contributed by atoms with Crippen LogP contribution in [0.2, 0.25) is 0 Å². The Balaban J connectivity index is 1.64. The second-order valence-corrected chi connectivity index (χ2v) is 7.19. The van der Waals surface area contributed by atoms with E-state index in [1.807, 2.05) is 24.3 Å². The molecule has 154 valence electrons. The standard InChI is InChI=1S/C22H28N4O3/c1-17(27)26(16-22(28)23-18-4-10-21(29-3)11-5-18)20-8-6-19(7-9-20)25-14-12-24(2)13-15-25/h4-11H,12-16H2,1-3H3,(H,23,28). The van der Waals surface area contributed by atoms with Crippen LogP contribution >= 0.6 is 0 Å². The van der Waals surface area contributed by atoms with E-state index in [1.54, 1.807) is 31.4 Å². The Morgan fingerprint density at radius 1 is 1.00 bits per heavy atom. The maximum Gasteiger partial charge on any atom is 0.244 e. The third kappa shape index (κ3) is 5.48. The Kier molecular flexibility index (Phi) is 6.72. The molecule has 0 spiro atoms. The van der Waals surface area contributed by atoms with Crippen LogP contribution in [-0.2, 0) is 9.59 Å². The number of methoxy groups -OCH3 is 1. The van der Waals surface area contributed by atoms with E-state index in [2.05, 4.69) is 22.2 Å². The lowest BCUT2D eigenvalue weighted by molar-refractivity contribution is -0.120. The molecular formula is C22H28N4O3. The molecule has 2 aromatic rings. The van der Waals surface area contributed by atoms with Gasteiger partial charge in [-0.05, 0) is 55.6 Å². The number of rotatable bonds is 6. The maximum absolute atomic E-state index is 12.5. The number of nitrogens with zero attached hydrogens (tertiary/aromatic N) is 3. The van der Waals surface area contributed by atoms with Gasteiger partial charge in [0.2, 0.25) is 11.8 Å².